The molecule has 0 bridgehead atoms. The fourth-order valence-electron chi connectivity index (χ4n) is 2.93. The lowest BCUT2D eigenvalue weighted by molar-refractivity contribution is 0.123. The smallest absolute Gasteiger partial charge is 0.160 e. The second-order valence-corrected chi connectivity index (χ2v) is 5.70. The molecule has 4 rings (SSSR count). The number of hydrogen-bond acceptors (Lipinski definition) is 4. The molecule has 2 N–H and O–H groups in total. The highest BCUT2D eigenvalue weighted by Gasteiger charge is 2.26. The Morgan fingerprint density at radius 1 is 1.25 bits per heavy atom. The molecular formula is C15H20N4O. The molecule has 1 saturated heterocycles. The summed E-state index contributed by atoms with van der Waals surface area (Å²) < 4.78 is 7.61. The predicted octanol–water partition coefficient (Wildman–Crippen LogP) is 1.51. The Balaban J connectivity index is 1.83. The topological polar surface area (TPSA) is 55.8 Å². The minimum absolute atomic E-state index is 0.489. The van der Waals surface area contributed by atoms with Gasteiger partial charge in [0.1, 0.15) is 0 Å². The highest BCUT2D eigenvalue weighted by molar-refractivity contribution is 5.71. The third-order valence-corrected chi connectivity index (χ3v) is 4.21. The standard InChI is InChI=1S/C15H20N4O/c16-8-13-10-19-9-12(11-1-2-11)7-14(15(19)17-13)18-3-5-20-6-4-18/h7,9-11H,1-6,8,16H2. The Hall–Kier alpha value is -1.59. The van der Waals surface area contributed by atoms with Crippen molar-refractivity contribution in [3.8, 4) is 0 Å². The van der Waals surface area contributed by atoms with E-state index in [2.05, 4.69) is 32.7 Å². The van der Waals surface area contributed by atoms with Gasteiger partial charge in [0, 0.05) is 32.0 Å². The zero-order valence-corrected chi connectivity index (χ0v) is 11.6. The summed E-state index contributed by atoms with van der Waals surface area (Å²) in [5, 5.41) is 0. The minimum atomic E-state index is 0.489. The summed E-state index contributed by atoms with van der Waals surface area (Å²) in [4.78, 5) is 7.07. The van der Waals surface area contributed by atoms with Gasteiger partial charge in [0.15, 0.2) is 5.65 Å². The highest BCUT2D eigenvalue weighted by atomic mass is 16.5. The van der Waals surface area contributed by atoms with Crippen LogP contribution >= 0.6 is 0 Å². The van der Waals surface area contributed by atoms with Crippen molar-refractivity contribution >= 4 is 11.3 Å². The Morgan fingerprint density at radius 3 is 2.75 bits per heavy atom. The molecule has 0 aromatic carbocycles. The van der Waals surface area contributed by atoms with Gasteiger partial charge in [-0.3, -0.25) is 0 Å². The summed E-state index contributed by atoms with van der Waals surface area (Å²) in [7, 11) is 0. The van der Waals surface area contributed by atoms with Crippen molar-refractivity contribution in [2.24, 2.45) is 5.73 Å². The number of nitrogens with zero attached hydrogens (tertiary/aromatic N) is 3. The van der Waals surface area contributed by atoms with Crippen LogP contribution in [-0.4, -0.2) is 35.7 Å². The number of fused-ring (bicyclic) bond motifs is 1. The summed E-state index contributed by atoms with van der Waals surface area (Å²) in [6.07, 6.45) is 6.91. The number of rotatable bonds is 3. The first-order chi connectivity index (χ1) is 9.85. The van der Waals surface area contributed by atoms with E-state index in [9.17, 15) is 0 Å². The SMILES string of the molecule is NCc1cn2cc(C3CC3)cc(N3CCOCC3)c2n1. The highest BCUT2D eigenvalue weighted by Crippen LogP contribution is 2.41. The fraction of sp³-hybridized carbons (Fsp3) is 0.533. The molecule has 3 heterocycles. The van der Waals surface area contributed by atoms with Crippen molar-refractivity contribution in [1.29, 1.82) is 0 Å². The van der Waals surface area contributed by atoms with Crippen LogP contribution in [0.2, 0.25) is 0 Å². The number of aromatic nitrogens is 2. The van der Waals surface area contributed by atoms with E-state index in [0.717, 1.165) is 43.6 Å². The Bertz CT molecular complexity index is 626. The van der Waals surface area contributed by atoms with E-state index in [4.69, 9.17) is 10.5 Å². The van der Waals surface area contributed by atoms with E-state index in [1.54, 1.807) is 0 Å². The largest absolute Gasteiger partial charge is 0.378 e. The maximum absolute atomic E-state index is 5.74. The van der Waals surface area contributed by atoms with E-state index in [0.29, 0.717) is 6.54 Å². The molecule has 0 radical (unpaired) electrons. The van der Waals surface area contributed by atoms with Gasteiger partial charge in [-0.25, -0.2) is 4.98 Å². The number of ether oxygens (including phenoxy) is 1. The van der Waals surface area contributed by atoms with Crippen LogP contribution in [0, 0.1) is 0 Å². The summed E-state index contributed by atoms with van der Waals surface area (Å²) in [5.74, 6) is 0.739. The second-order valence-electron chi connectivity index (χ2n) is 5.70. The van der Waals surface area contributed by atoms with Gasteiger partial charge in [0.05, 0.1) is 24.6 Å². The first-order valence-electron chi connectivity index (χ1n) is 7.39. The lowest BCUT2D eigenvalue weighted by Crippen LogP contribution is -2.36. The van der Waals surface area contributed by atoms with Gasteiger partial charge in [-0.15, -0.1) is 0 Å². The normalized spacial score (nSPS) is 19.8. The molecule has 2 aromatic rings. The van der Waals surface area contributed by atoms with E-state index in [-0.39, 0.29) is 0 Å². The van der Waals surface area contributed by atoms with Crippen molar-refractivity contribution in [2.75, 3.05) is 31.2 Å². The average Bonchev–Trinajstić information content (AvgIpc) is 3.26. The monoisotopic (exact) mass is 272 g/mol. The van der Waals surface area contributed by atoms with Crippen molar-refractivity contribution in [1.82, 2.24) is 9.38 Å². The molecule has 5 nitrogen and oxygen atoms in total. The quantitative estimate of drug-likeness (QED) is 0.920. The molecule has 0 spiro atoms. The number of hydrogen-bond donors (Lipinski definition) is 1. The van der Waals surface area contributed by atoms with E-state index in [1.807, 2.05) is 0 Å². The van der Waals surface area contributed by atoms with Gasteiger partial charge in [0.2, 0.25) is 0 Å². The molecule has 1 aliphatic carbocycles. The molecule has 5 heteroatoms. The minimum Gasteiger partial charge on any atom is -0.378 e. The first kappa shape index (κ1) is 12.2. The lowest BCUT2D eigenvalue weighted by Gasteiger charge is -2.29. The Morgan fingerprint density at radius 2 is 2.05 bits per heavy atom. The molecule has 20 heavy (non-hydrogen) atoms. The molecule has 2 aliphatic rings. The molecule has 1 saturated carbocycles. The van der Waals surface area contributed by atoms with Crippen LogP contribution in [-0.2, 0) is 11.3 Å². The maximum Gasteiger partial charge on any atom is 0.160 e. The van der Waals surface area contributed by atoms with Crippen molar-refractivity contribution < 1.29 is 4.74 Å². The van der Waals surface area contributed by atoms with Crippen LogP contribution in [0.25, 0.3) is 5.65 Å². The predicted molar refractivity (Wildman–Crippen MR) is 78.1 cm³/mol. The summed E-state index contributed by atoms with van der Waals surface area (Å²) in [5.41, 5.74) is 10.4. The van der Waals surface area contributed by atoms with Crippen LogP contribution in [0.4, 0.5) is 5.69 Å². The second kappa shape index (κ2) is 4.75. The number of imidazole rings is 1. The first-order valence-corrected chi connectivity index (χ1v) is 7.39. The van der Waals surface area contributed by atoms with Crippen LogP contribution in [0.15, 0.2) is 18.5 Å². The van der Waals surface area contributed by atoms with Crippen LogP contribution in [0.1, 0.15) is 30.0 Å². The van der Waals surface area contributed by atoms with Crippen molar-refractivity contribution in [3.63, 3.8) is 0 Å². The van der Waals surface area contributed by atoms with Gasteiger partial charge >= 0.3 is 0 Å². The van der Waals surface area contributed by atoms with Gasteiger partial charge in [-0.2, -0.15) is 0 Å². The zero-order valence-electron chi connectivity index (χ0n) is 11.6. The average molecular weight is 272 g/mol. The number of morpholine rings is 1. The third kappa shape index (κ3) is 2.07. The Kier molecular flexibility index (Phi) is 2.89. The van der Waals surface area contributed by atoms with Crippen LogP contribution in [0.3, 0.4) is 0 Å². The van der Waals surface area contributed by atoms with E-state index in [1.165, 1.54) is 24.1 Å². The van der Waals surface area contributed by atoms with Crippen molar-refractivity contribution in [3.05, 3.63) is 29.7 Å². The number of pyridine rings is 1. The molecule has 2 fully saturated rings. The van der Waals surface area contributed by atoms with Crippen LogP contribution < -0.4 is 10.6 Å². The van der Waals surface area contributed by atoms with Crippen molar-refractivity contribution in [2.45, 2.75) is 25.3 Å². The summed E-state index contributed by atoms with van der Waals surface area (Å²) in [6, 6.07) is 2.33. The molecule has 0 amide bonds. The Labute approximate surface area is 118 Å². The van der Waals surface area contributed by atoms with E-state index < -0.39 is 0 Å². The molecule has 106 valence electrons. The molecule has 0 atom stereocenters. The van der Waals surface area contributed by atoms with Gasteiger partial charge < -0.3 is 19.8 Å². The van der Waals surface area contributed by atoms with Gasteiger partial charge in [-0.1, -0.05) is 0 Å². The summed E-state index contributed by atoms with van der Waals surface area (Å²) >= 11 is 0. The molecule has 1 aliphatic heterocycles. The zero-order chi connectivity index (χ0) is 13.5. The van der Waals surface area contributed by atoms with Crippen LogP contribution in [0.5, 0.6) is 0 Å². The number of nitrogens with two attached hydrogens (primary N) is 1. The molecular weight excluding hydrogens is 252 g/mol. The fourth-order valence-corrected chi connectivity index (χ4v) is 2.93. The maximum atomic E-state index is 5.74. The molecule has 0 unspecified atom stereocenters. The van der Waals surface area contributed by atoms with Gasteiger partial charge in [-0.05, 0) is 30.4 Å². The van der Waals surface area contributed by atoms with Gasteiger partial charge in [0.25, 0.3) is 0 Å². The molecule has 2 aromatic heterocycles. The number of anilines is 1. The lowest BCUT2D eigenvalue weighted by atomic mass is 10.1. The summed E-state index contributed by atoms with van der Waals surface area (Å²) in [6.45, 7) is 3.96. The van der Waals surface area contributed by atoms with E-state index >= 15 is 0 Å². The third-order valence-electron chi connectivity index (χ3n) is 4.21.